The highest BCUT2D eigenvalue weighted by Gasteiger charge is 2.46. The molecule has 0 spiro atoms. The summed E-state index contributed by atoms with van der Waals surface area (Å²) in [6.07, 6.45) is 0.520. The highest BCUT2D eigenvalue weighted by molar-refractivity contribution is 6.14. The zero-order valence-corrected chi connectivity index (χ0v) is 17.4. The van der Waals surface area contributed by atoms with Crippen LogP contribution in [0, 0.1) is 0 Å². The summed E-state index contributed by atoms with van der Waals surface area (Å²) in [4.78, 5) is 41.1. The topological polar surface area (TPSA) is 80.2 Å². The quantitative estimate of drug-likeness (QED) is 0.741. The van der Waals surface area contributed by atoms with Crippen LogP contribution in [0.3, 0.4) is 0 Å². The fourth-order valence-electron chi connectivity index (χ4n) is 4.41. The Morgan fingerprint density at radius 3 is 2.53 bits per heavy atom. The van der Waals surface area contributed by atoms with Crippen LogP contribution >= 0.6 is 0 Å². The van der Waals surface area contributed by atoms with E-state index < -0.39 is 11.6 Å². The molecule has 0 bridgehead atoms. The van der Waals surface area contributed by atoms with Crippen molar-refractivity contribution in [3.63, 3.8) is 0 Å². The Morgan fingerprint density at radius 2 is 1.80 bits per heavy atom. The first-order chi connectivity index (χ1) is 14.3. The lowest BCUT2D eigenvalue weighted by Crippen LogP contribution is -3.17. The summed E-state index contributed by atoms with van der Waals surface area (Å²) in [6.45, 7) is 4.09. The monoisotopic (exact) mass is 408 g/mol. The summed E-state index contributed by atoms with van der Waals surface area (Å²) in [6, 6.07) is 14.8. The SMILES string of the molecule is COC(=O)[C@H]1Cc2ccccc2C[NH+]1CC(=O)N1c2ccccc2NC(=O)C1(C)C. The number of hydrogen-bond acceptors (Lipinski definition) is 4. The standard InChI is InChI=1S/C23H25N3O4/c1-23(2)22(29)24-17-10-6-7-11-18(17)26(23)20(27)14-25-13-16-9-5-4-8-15(16)12-19(25)21(28)30-3/h4-11,19H,12-14H2,1-3H3,(H,24,29)/p+1/t19-/m1/s1. The average molecular weight is 408 g/mol. The van der Waals surface area contributed by atoms with Gasteiger partial charge in [0, 0.05) is 12.0 Å². The van der Waals surface area contributed by atoms with Gasteiger partial charge in [-0.15, -0.1) is 0 Å². The number of fused-ring (bicyclic) bond motifs is 2. The van der Waals surface area contributed by atoms with Crippen LogP contribution in [0.1, 0.15) is 25.0 Å². The van der Waals surface area contributed by atoms with Crippen LogP contribution in [0.15, 0.2) is 48.5 Å². The number of rotatable bonds is 3. The van der Waals surface area contributed by atoms with Gasteiger partial charge in [-0.05, 0) is 31.5 Å². The van der Waals surface area contributed by atoms with Crippen LogP contribution < -0.4 is 15.1 Å². The highest BCUT2D eigenvalue weighted by atomic mass is 16.5. The fraction of sp³-hybridized carbons (Fsp3) is 0.348. The van der Waals surface area contributed by atoms with E-state index in [1.807, 2.05) is 42.5 Å². The minimum absolute atomic E-state index is 0.0825. The van der Waals surface area contributed by atoms with E-state index in [4.69, 9.17) is 4.74 Å². The second-order valence-corrected chi connectivity index (χ2v) is 8.32. The summed E-state index contributed by atoms with van der Waals surface area (Å²) in [5.74, 6) is -0.771. The van der Waals surface area contributed by atoms with Gasteiger partial charge in [-0.25, -0.2) is 4.79 Å². The number of hydrogen-bond donors (Lipinski definition) is 2. The van der Waals surface area contributed by atoms with Crippen LogP contribution in [0.4, 0.5) is 11.4 Å². The number of carbonyl (C=O) groups is 3. The average Bonchev–Trinajstić information content (AvgIpc) is 2.73. The third kappa shape index (κ3) is 3.35. The smallest absolute Gasteiger partial charge is 0.365 e. The third-order valence-corrected chi connectivity index (χ3v) is 6.07. The normalized spacial score (nSPS) is 21.8. The molecule has 4 rings (SSSR count). The van der Waals surface area contributed by atoms with E-state index in [1.165, 1.54) is 7.11 Å². The summed E-state index contributed by atoms with van der Waals surface area (Å²) < 4.78 is 5.03. The minimum atomic E-state index is -1.04. The van der Waals surface area contributed by atoms with E-state index in [-0.39, 0.29) is 24.3 Å². The predicted molar refractivity (Wildman–Crippen MR) is 112 cm³/mol. The van der Waals surface area contributed by atoms with Gasteiger partial charge in [0.05, 0.1) is 18.5 Å². The van der Waals surface area contributed by atoms with Crippen LogP contribution in [0.2, 0.25) is 0 Å². The molecule has 156 valence electrons. The van der Waals surface area contributed by atoms with Gasteiger partial charge in [-0.2, -0.15) is 0 Å². The molecule has 0 radical (unpaired) electrons. The van der Waals surface area contributed by atoms with Crippen LogP contribution in [-0.2, 0) is 32.1 Å². The van der Waals surface area contributed by atoms with Crippen molar-refractivity contribution in [2.24, 2.45) is 0 Å². The lowest BCUT2D eigenvalue weighted by molar-refractivity contribution is -0.924. The van der Waals surface area contributed by atoms with Crippen molar-refractivity contribution in [1.29, 1.82) is 0 Å². The predicted octanol–water partition coefficient (Wildman–Crippen LogP) is 0.933. The third-order valence-electron chi connectivity index (χ3n) is 6.07. The van der Waals surface area contributed by atoms with Crippen LogP contribution in [0.25, 0.3) is 0 Å². The summed E-state index contributed by atoms with van der Waals surface area (Å²) in [5, 5.41) is 2.87. The lowest BCUT2D eigenvalue weighted by atomic mass is 9.93. The Labute approximate surface area is 175 Å². The molecule has 2 atom stereocenters. The molecule has 0 saturated heterocycles. The van der Waals surface area contributed by atoms with Gasteiger partial charge in [0.2, 0.25) is 5.91 Å². The van der Waals surface area contributed by atoms with Gasteiger partial charge in [0.15, 0.2) is 12.6 Å². The highest BCUT2D eigenvalue weighted by Crippen LogP contribution is 2.36. The number of nitrogens with one attached hydrogen (secondary N) is 2. The first-order valence-corrected chi connectivity index (χ1v) is 10.1. The van der Waals surface area contributed by atoms with E-state index in [2.05, 4.69) is 5.32 Å². The van der Waals surface area contributed by atoms with E-state index >= 15 is 0 Å². The molecule has 0 aliphatic carbocycles. The first-order valence-electron chi connectivity index (χ1n) is 10.1. The molecular formula is C23H26N3O4+. The molecule has 0 saturated carbocycles. The first kappa shape index (κ1) is 20.1. The number of benzene rings is 2. The van der Waals surface area contributed by atoms with E-state index in [1.54, 1.807) is 24.8 Å². The Bertz CT molecular complexity index is 1020. The van der Waals surface area contributed by atoms with Crippen molar-refractivity contribution in [1.82, 2.24) is 0 Å². The minimum Gasteiger partial charge on any atom is -0.465 e. The molecule has 1 unspecified atom stereocenters. The van der Waals surface area contributed by atoms with Gasteiger partial charge in [-0.1, -0.05) is 36.4 Å². The molecule has 2 aromatic rings. The van der Waals surface area contributed by atoms with Gasteiger partial charge in [0.1, 0.15) is 12.1 Å². The van der Waals surface area contributed by atoms with Crippen molar-refractivity contribution in [2.75, 3.05) is 23.9 Å². The number of methoxy groups -OCH3 is 1. The molecule has 2 heterocycles. The molecule has 7 nitrogen and oxygen atoms in total. The number of quaternary nitrogens is 1. The molecule has 2 aliphatic rings. The second-order valence-electron chi connectivity index (χ2n) is 8.32. The number of nitrogens with zero attached hydrogens (tertiary/aromatic N) is 1. The lowest BCUT2D eigenvalue weighted by Gasteiger charge is -2.42. The molecule has 0 fully saturated rings. The Balaban J connectivity index is 1.66. The zero-order valence-electron chi connectivity index (χ0n) is 17.4. The van der Waals surface area contributed by atoms with Crippen molar-refractivity contribution in [3.05, 3.63) is 59.7 Å². The van der Waals surface area contributed by atoms with Crippen molar-refractivity contribution in [3.8, 4) is 0 Å². The number of ether oxygens (including phenoxy) is 1. The zero-order chi connectivity index (χ0) is 21.5. The van der Waals surface area contributed by atoms with Gasteiger partial charge < -0.3 is 15.0 Å². The Hall–Kier alpha value is -3.19. The maximum atomic E-state index is 13.5. The molecule has 0 aromatic heterocycles. The van der Waals surface area contributed by atoms with Crippen molar-refractivity contribution < 1.29 is 24.0 Å². The number of amides is 2. The van der Waals surface area contributed by atoms with Gasteiger partial charge in [0.25, 0.3) is 5.91 Å². The summed E-state index contributed by atoms with van der Waals surface area (Å²) >= 11 is 0. The van der Waals surface area contributed by atoms with E-state index in [0.29, 0.717) is 24.3 Å². The Morgan fingerprint density at radius 1 is 1.13 bits per heavy atom. The van der Waals surface area contributed by atoms with Gasteiger partial charge in [-0.3, -0.25) is 14.5 Å². The maximum absolute atomic E-state index is 13.5. The largest absolute Gasteiger partial charge is 0.465 e. The number of para-hydroxylation sites is 2. The van der Waals surface area contributed by atoms with Crippen LogP contribution in [-0.4, -0.2) is 43.0 Å². The molecule has 2 N–H and O–H groups in total. The van der Waals surface area contributed by atoms with E-state index in [9.17, 15) is 14.4 Å². The molecule has 2 aliphatic heterocycles. The van der Waals surface area contributed by atoms with Crippen LogP contribution in [0.5, 0.6) is 0 Å². The summed E-state index contributed by atoms with van der Waals surface area (Å²) in [7, 11) is 1.37. The fourth-order valence-corrected chi connectivity index (χ4v) is 4.41. The maximum Gasteiger partial charge on any atom is 0.365 e. The molecule has 7 heteroatoms. The van der Waals surface area contributed by atoms with Gasteiger partial charge >= 0.3 is 5.97 Å². The van der Waals surface area contributed by atoms with E-state index in [0.717, 1.165) is 16.0 Å². The summed E-state index contributed by atoms with van der Waals surface area (Å²) in [5.41, 5.74) is 2.46. The van der Waals surface area contributed by atoms with Crippen molar-refractivity contribution in [2.45, 2.75) is 38.4 Å². The van der Waals surface area contributed by atoms with Crippen molar-refractivity contribution >= 4 is 29.2 Å². The molecule has 2 amide bonds. The number of anilines is 2. The Kier molecular flexibility index (Phi) is 5.07. The number of carbonyl (C=O) groups excluding carboxylic acids is 3. The molecule has 30 heavy (non-hydrogen) atoms. The molecular weight excluding hydrogens is 382 g/mol. The number of esters is 1. The molecule has 2 aromatic carbocycles. The second kappa shape index (κ2) is 7.57.